The van der Waals surface area contributed by atoms with E-state index in [-0.39, 0.29) is 0 Å². The minimum absolute atomic E-state index is 0.556. The summed E-state index contributed by atoms with van der Waals surface area (Å²) in [7, 11) is 1.67. The smallest absolute Gasteiger partial charge is 0.152 e. The average Bonchev–Trinajstić information content (AvgIpc) is 3.66. The van der Waals surface area contributed by atoms with Crippen LogP contribution in [0.25, 0.3) is 21.3 Å². The maximum atomic E-state index is 6.57. The fourth-order valence-corrected chi connectivity index (χ4v) is 7.85. The molecule has 46 heavy (non-hydrogen) atoms. The van der Waals surface area contributed by atoms with Gasteiger partial charge in [-0.3, -0.25) is 0 Å². The average molecular weight is 661 g/mol. The number of nitrogens with two attached hydrogens (primary N) is 1. The molecule has 2 saturated heterocycles. The number of likely N-dealkylation sites (tertiary alicyclic amines) is 1. The van der Waals surface area contributed by atoms with E-state index >= 15 is 0 Å². The fraction of sp³-hybridized carbons (Fsp3) is 0.765. The number of thiophene rings is 1. The number of hydrogen-bond acceptors (Lipinski definition) is 11. The summed E-state index contributed by atoms with van der Waals surface area (Å²) >= 11 is 1.93. The number of hydrogen-bond donors (Lipinski definition) is 2. The number of nitrogen functional groups attached to an aromatic ring is 1. The van der Waals surface area contributed by atoms with Crippen molar-refractivity contribution in [3.63, 3.8) is 0 Å². The second kappa shape index (κ2) is 19.2. The summed E-state index contributed by atoms with van der Waals surface area (Å²) in [6.07, 6.45) is 8.03. The van der Waals surface area contributed by atoms with Gasteiger partial charge in [0.2, 0.25) is 0 Å². The molecule has 2 fully saturated rings. The largest absolute Gasteiger partial charge is 0.382 e. The summed E-state index contributed by atoms with van der Waals surface area (Å²) < 4.78 is 31.0. The van der Waals surface area contributed by atoms with E-state index in [1.54, 1.807) is 7.11 Å². The molecule has 0 aromatic carbocycles. The Morgan fingerprint density at radius 3 is 2.20 bits per heavy atom. The molecule has 0 spiro atoms. The van der Waals surface area contributed by atoms with Crippen LogP contribution in [-0.4, -0.2) is 119 Å². The van der Waals surface area contributed by atoms with Gasteiger partial charge in [-0.1, -0.05) is 13.3 Å². The van der Waals surface area contributed by atoms with Crippen molar-refractivity contribution in [2.75, 3.05) is 105 Å². The van der Waals surface area contributed by atoms with Crippen LogP contribution in [0.1, 0.15) is 62.1 Å². The first-order valence-electron chi connectivity index (χ1n) is 17.5. The molecular weight excluding hydrogens is 604 g/mol. The van der Waals surface area contributed by atoms with Crippen LogP contribution in [0.4, 0.5) is 5.82 Å². The number of fused-ring (bicyclic) bond motifs is 3. The van der Waals surface area contributed by atoms with E-state index < -0.39 is 0 Å². The third-order valence-electron chi connectivity index (χ3n) is 9.22. The van der Waals surface area contributed by atoms with Crippen molar-refractivity contribution < 1.29 is 23.7 Å². The molecule has 0 atom stereocenters. The number of ether oxygens (including phenoxy) is 5. The van der Waals surface area contributed by atoms with Crippen LogP contribution in [-0.2, 0) is 36.6 Å². The number of piperidine rings is 2. The Kier molecular flexibility index (Phi) is 14.8. The monoisotopic (exact) mass is 660 g/mol. The molecule has 0 aliphatic carbocycles. The van der Waals surface area contributed by atoms with Crippen molar-refractivity contribution >= 4 is 38.4 Å². The number of methoxy groups -OCH3 is 1. The predicted molar refractivity (Wildman–Crippen MR) is 185 cm³/mol. The number of anilines is 1. The van der Waals surface area contributed by atoms with Gasteiger partial charge >= 0.3 is 0 Å². The first-order valence-corrected chi connectivity index (χ1v) is 18.3. The fourth-order valence-electron chi connectivity index (χ4n) is 6.53. The summed E-state index contributed by atoms with van der Waals surface area (Å²) in [5.74, 6) is 2.98. The lowest BCUT2D eigenvalue weighted by Crippen LogP contribution is -2.35. The van der Waals surface area contributed by atoms with Crippen LogP contribution in [0.3, 0.4) is 0 Å². The number of pyridine rings is 1. The SMILES string of the molecule is CCCCc1nc2c(N)nc3cc(C4CCN(CCOCCOCCOCCOCCOC)CC4)sc3c2n1CC1CCNCC1. The molecule has 3 N–H and O–H groups in total. The van der Waals surface area contributed by atoms with Gasteiger partial charge in [-0.25, -0.2) is 9.97 Å². The van der Waals surface area contributed by atoms with Gasteiger partial charge in [0, 0.05) is 31.5 Å². The highest BCUT2D eigenvalue weighted by Crippen LogP contribution is 2.40. The number of unbranched alkanes of at least 4 members (excludes halogenated alkanes) is 1. The van der Waals surface area contributed by atoms with Crippen LogP contribution < -0.4 is 11.1 Å². The number of aromatic nitrogens is 3. The first-order chi connectivity index (χ1) is 22.7. The van der Waals surface area contributed by atoms with E-state index in [4.69, 9.17) is 39.4 Å². The Morgan fingerprint density at radius 2 is 1.54 bits per heavy atom. The predicted octanol–water partition coefficient (Wildman–Crippen LogP) is 4.46. The Hall–Kier alpha value is -1.90. The summed E-state index contributed by atoms with van der Waals surface area (Å²) in [6, 6.07) is 2.31. The van der Waals surface area contributed by atoms with Gasteiger partial charge in [-0.2, -0.15) is 0 Å². The van der Waals surface area contributed by atoms with Crippen molar-refractivity contribution in [2.24, 2.45) is 5.92 Å². The number of nitrogens with zero attached hydrogens (tertiary/aromatic N) is 4. The Bertz CT molecular complexity index is 1300. The Labute approximate surface area is 278 Å². The topological polar surface area (TPSA) is 118 Å². The van der Waals surface area contributed by atoms with E-state index in [2.05, 4.69) is 27.8 Å². The molecule has 5 heterocycles. The molecule has 3 aromatic rings. The van der Waals surface area contributed by atoms with Gasteiger partial charge < -0.3 is 44.2 Å². The van der Waals surface area contributed by atoms with Gasteiger partial charge in [0.15, 0.2) is 5.82 Å². The summed E-state index contributed by atoms with van der Waals surface area (Å²) in [4.78, 5) is 13.9. The molecule has 5 rings (SSSR count). The van der Waals surface area contributed by atoms with Crippen LogP contribution in [0.5, 0.6) is 0 Å². The standard InChI is InChI=1S/C34H56N6O5S/c1-3-4-5-30-38-31-32(40(30)25-26-6-10-36-11-7-26)33-28(37-34(31)35)24-29(46-33)27-8-12-39(13-9-27)14-15-42-18-19-44-22-23-45-21-20-43-17-16-41-2/h24,26-27,36H,3-23,25H2,1-2H3,(H2,35,37). The van der Waals surface area contributed by atoms with E-state index in [0.29, 0.717) is 70.5 Å². The van der Waals surface area contributed by atoms with Gasteiger partial charge in [0.1, 0.15) is 11.3 Å². The van der Waals surface area contributed by atoms with E-state index in [0.717, 1.165) is 89.0 Å². The quantitative estimate of drug-likeness (QED) is 0.159. The highest BCUT2D eigenvalue weighted by atomic mass is 32.1. The molecule has 2 aliphatic heterocycles. The van der Waals surface area contributed by atoms with E-state index in [1.807, 2.05) is 11.3 Å². The third kappa shape index (κ3) is 10.1. The number of imidazole rings is 1. The van der Waals surface area contributed by atoms with Crippen molar-refractivity contribution in [2.45, 2.75) is 64.3 Å². The van der Waals surface area contributed by atoms with Crippen LogP contribution in [0.2, 0.25) is 0 Å². The van der Waals surface area contributed by atoms with Crippen LogP contribution in [0, 0.1) is 5.92 Å². The molecule has 3 aromatic heterocycles. The zero-order valence-corrected chi connectivity index (χ0v) is 28.9. The molecule has 0 bridgehead atoms. The first kappa shape index (κ1) is 35.4. The highest BCUT2D eigenvalue weighted by molar-refractivity contribution is 7.20. The van der Waals surface area contributed by atoms with Crippen LogP contribution in [0.15, 0.2) is 6.07 Å². The molecule has 0 unspecified atom stereocenters. The van der Waals surface area contributed by atoms with Gasteiger partial charge in [-0.15, -0.1) is 11.3 Å². The Balaban J connectivity index is 1.07. The molecule has 0 radical (unpaired) electrons. The summed E-state index contributed by atoms with van der Waals surface area (Å²) in [5.41, 5.74) is 9.72. The maximum Gasteiger partial charge on any atom is 0.152 e. The zero-order valence-electron chi connectivity index (χ0n) is 28.1. The van der Waals surface area contributed by atoms with Gasteiger partial charge in [0.25, 0.3) is 0 Å². The zero-order chi connectivity index (χ0) is 32.0. The second-order valence-corrected chi connectivity index (χ2v) is 13.6. The lowest BCUT2D eigenvalue weighted by atomic mass is 9.95. The van der Waals surface area contributed by atoms with Gasteiger partial charge in [-0.05, 0) is 76.2 Å². The third-order valence-corrected chi connectivity index (χ3v) is 10.5. The summed E-state index contributed by atoms with van der Waals surface area (Å²) in [5, 5.41) is 3.52. The molecular formula is C34H56N6O5S. The minimum atomic E-state index is 0.556. The normalized spacial score (nSPS) is 17.2. The molecule has 0 amide bonds. The second-order valence-electron chi connectivity index (χ2n) is 12.6. The van der Waals surface area contributed by atoms with Crippen molar-refractivity contribution in [1.29, 1.82) is 0 Å². The molecule has 11 nitrogen and oxygen atoms in total. The highest BCUT2D eigenvalue weighted by Gasteiger charge is 2.26. The number of aryl methyl sites for hydroxylation is 1. The summed E-state index contributed by atoms with van der Waals surface area (Å²) in [6.45, 7) is 14.0. The van der Waals surface area contributed by atoms with E-state index in [1.165, 1.54) is 33.8 Å². The van der Waals surface area contributed by atoms with E-state index in [9.17, 15) is 0 Å². The number of nitrogens with one attached hydrogen (secondary N) is 1. The van der Waals surface area contributed by atoms with Crippen molar-refractivity contribution in [1.82, 2.24) is 24.8 Å². The lowest BCUT2D eigenvalue weighted by Gasteiger charge is -2.31. The van der Waals surface area contributed by atoms with Gasteiger partial charge in [0.05, 0.1) is 75.2 Å². The van der Waals surface area contributed by atoms with Crippen molar-refractivity contribution in [3.05, 3.63) is 16.8 Å². The Morgan fingerprint density at radius 1 is 0.891 bits per heavy atom. The molecule has 12 heteroatoms. The maximum absolute atomic E-state index is 6.57. The molecule has 2 aliphatic rings. The van der Waals surface area contributed by atoms with Crippen molar-refractivity contribution in [3.8, 4) is 0 Å². The number of rotatable bonds is 21. The molecule has 0 saturated carbocycles. The van der Waals surface area contributed by atoms with Crippen LogP contribution >= 0.6 is 11.3 Å². The lowest BCUT2D eigenvalue weighted by molar-refractivity contribution is -0.00962. The molecule has 258 valence electrons. The minimum Gasteiger partial charge on any atom is -0.382 e.